The Labute approximate surface area is 210 Å². The average molecular weight is 497 g/mol. The summed E-state index contributed by atoms with van der Waals surface area (Å²) in [5, 5.41) is 12.3. The van der Waals surface area contributed by atoms with Crippen molar-refractivity contribution in [3.8, 4) is 11.1 Å². The SMILES string of the molecule is CCC1C(C(=O)O)CCN1C(=O)[C@@H](CCSC)NC(=O)OCC1c2ccccc2-c2ccccc21. The Kier molecular flexibility index (Phi) is 8.00. The Morgan fingerprint density at radius 3 is 2.31 bits per heavy atom. The number of carbonyl (C=O) groups excluding carboxylic acids is 2. The van der Waals surface area contributed by atoms with Crippen LogP contribution in [0.4, 0.5) is 4.79 Å². The summed E-state index contributed by atoms with van der Waals surface area (Å²) < 4.78 is 5.65. The molecule has 2 N–H and O–H groups in total. The molecular weight excluding hydrogens is 464 g/mol. The standard InChI is InChI=1S/C27H32N2O5S/c1-3-24-21(26(31)32)12-14-29(24)25(30)23(13-15-35-2)28-27(33)34-16-22-19-10-6-4-8-17(19)18-9-5-7-11-20(18)22/h4-11,21-24H,3,12-16H2,1-2H3,(H,28,33)(H,31,32)/t21?,23-,24?/m1/s1. The number of benzene rings is 2. The van der Waals surface area contributed by atoms with Crippen LogP contribution in [0.3, 0.4) is 0 Å². The normalized spacial score (nSPS) is 19.7. The molecule has 35 heavy (non-hydrogen) atoms. The van der Waals surface area contributed by atoms with Crippen molar-refractivity contribution in [3.63, 3.8) is 0 Å². The van der Waals surface area contributed by atoms with Gasteiger partial charge in [-0.05, 0) is 53.5 Å². The first-order valence-corrected chi connectivity index (χ1v) is 13.5. The summed E-state index contributed by atoms with van der Waals surface area (Å²) in [6, 6.07) is 15.1. The predicted molar refractivity (Wildman–Crippen MR) is 137 cm³/mol. The van der Waals surface area contributed by atoms with Gasteiger partial charge >= 0.3 is 12.1 Å². The highest BCUT2D eigenvalue weighted by molar-refractivity contribution is 7.98. The molecule has 1 saturated heterocycles. The Morgan fingerprint density at radius 2 is 1.74 bits per heavy atom. The van der Waals surface area contributed by atoms with Gasteiger partial charge in [-0.2, -0.15) is 11.8 Å². The molecule has 186 valence electrons. The van der Waals surface area contributed by atoms with Crippen molar-refractivity contribution in [3.05, 3.63) is 59.7 Å². The molecule has 2 aromatic carbocycles. The zero-order valence-electron chi connectivity index (χ0n) is 20.1. The van der Waals surface area contributed by atoms with E-state index in [4.69, 9.17) is 4.74 Å². The van der Waals surface area contributed by atoms with E-state index >= 15 is 0 Å². The second kappa shape index (κ2) is 11.2. The van der Waals surface area contributed by atoms with E-state index in [2.05, 4.69) is 29.6 Å². The number of nitrogens with zero attached hydrogens (tertiary/aromatic N) is 1. The van der Waals surface area contributed by atoms with E-state index in [0.717, 1.165) is 22.3 Å². The maximum absolute atomic E-state index is 13.4. The molecule has 2 amide bonds. The number of hydrogen-bond acceptors (Lipinski definition) is 5. The summed E-state index contributed by atoms with van der Waals surface area (Å²) in [6.45, 7) is 2.45. The lowest BCUT2D eigenvalue weighted by Gasteiger charge is -2.30. The fourth-order valence-electron chi connectivity index (χ4n) is 5.40. The summed E-state index contributed by atoms with van der Waals surface area (Å²) in [5.74, 6) is -1.06. The molecule has 1 aliphatic carbocycles. The number of hydrogen-bond donors (Lipinski definition) is 2. The maximum atomic E-state index is 13.4. The first-order chi connectivity index (χ1) is 17.0. The number of carboxylic acid groups (broad SMARTS) is 1. The van der Waals surface area contributed by atoms with Gasteiger partial charge in [-0.3, -0.25) is 9.59 Å². The van der Waals surface area contributed by atoms with E-state index in [1.54, 1.807) is 16.7 Å². The first-order valence-electron chi connectivity index (χ1n) is 12.1. The number of amides is 2. The van der Waals surface area contributed by atoms with E-state index in [9.17, 15) is 19.5 Å². The lowest BCUT2D eigenvalue weighted by molar-refractivity contribution is -0.143. The van der Waals surface area contributed by atoms with Crippen molar-refractivity contribution < 1.29 is 24.2 Å². The Morgan fingerprint density at radius 1 is 1.11 bits per heavy atom. The number of likely N-dealkylation sites (tertiary alicyclic amines) is 1. The van der Waals surface area contributed by atoms with Crippen LogP contribution in [0.15, 0.2) is 48.5 Å². The number of alkyl carbamates (subject to hydrolysis) is 1. The molecule has 7 nitrogen and oxygen atoms in total. The number of aliphatic carboxylic acids is 1. The lowest BCUT2D eigenvalue weighted by Crippen LogP contribution is -2.51. The Hall–Kier alpha value is -3.00. The highest BCUT2D eigenvalue weighted by Gasteiger charge is 2.42. The Balaban J connectivity index is 1.43. The molecule has 8 heteroatoms. The molecule has 0 aromatic heterocycles. The van der Waals surface area contributed by atoms with Gasteiger partial charge < -0.3 is 20.1 Å². The van der Waals surface area contributed by atoms with Crippen LogP contribution in [0.5, 0.6) is 0 Å². The summed E-state index contributed by atoms with van der Waals surface area (Å²) in [6.07, 6.45) is 2.76. The zero-order valence-corrected chi connectivity index (χ0v) is 20.9. The number of ether oxygens (including phenoxy) is 1. The summed E-state index contributed by atoms with van der Waals surface area (Å²) >= 11 is 1.59. The predicted octanol–water partition coefficient (Wildman–Crippen LogP) is 4.36. The number of thioether (sulfide) groups is 1. The molecule has 1 heterocycles. The number of nitrogens with one attached hydrogen (secondary N) is 1. The third kappa shape index (κ3) is 5.17. The second-order valence-corrected chi connectivity index (χ2v) is 10.0. The van der Waals surface area contributed by atoms with Crippen molar-refractivity contribution in [2.45, 2.75) is 44.2 Å². The lowest BCUT2D eigenvalue weighted by atomic mass is 9.98. The van der Waals surface area contributed by atoms with Crippen LogP contribution in [0.1, 0.15) is 43.2 Å². The average Bonchev–Trinajstić information content (AvgIpc) is 3.44. The summed E-state index contributed by atoms with van der Waals surface area (Å²) in [4.78, 5) is 39.4. The van der Waals surface area contributed by atoms with Crippen molar-refractivity contribution in [1.82, 2.24) is 10.2 Å². The van der Waals surface area contributed by atoms with E-state index in [1.807, 2.05) is 37.4 Å². The largest absolute Gasteiger partial charge is 0.481 e. The van der Waals surface area contributed by atoms with Gasteiger partial charge in [-0.15, -0.1) is 0 Å². The molecule has 1 aliphatic heterocycles. The first kappa shape index (κ1) is 25.1. The molecule has 0 bridgehead atoms. The van der Waals surface area contributed by atoms with E-state index in [1.165, 1.54) is 0 Å². The van der Waals surface area contributed by atoms with E-state index in [0.29, 0.717) is 31.6 Å². The molecule has 2 aromatic rings. The number of rotatable bonds is 9. The van der Waals surface area contributed by atoms with Crippen LogP contribution in [0.25, 0.3) is 11.1 Å². The number of fused-ring (bicyclic) bond motifs is 3. The van der Waals surface area contributed by atoms with Gasteiger partial charge in [-0.25, -0.2) is 4.79 Å². The van der Waals surface area contributed by atoms with Crippen LogP contribution >= 0.6 is 11.8 Å². The maximum Gasteiger partial charge on any atom is 0.407 e. The second-order valence-electron chi connectivity index (χ2n) is 9.04. The van der Waals surface area contributed by atoms with Crippen LogP contribution in [0, 0.1) is 5.92 Å². The van der Waals surface area contributed by atoms with Gasteiger partial charge in [-0.1, -0.05) is 55.5 Å². The molecule has 4 rings (SSSR count). The fraction of sp³-hybridized carbons (Fsp3) is 0.444. The van der Waals surface area contributed by atoms with Crippen molar-refractivity contribution in [2.24, 2.45) is 5.92 Å². The molecule has 1 fully saturated rings. The van der Waals surface area contributed by atoms with Crippen LogP contribution < -0.4 is 5.32 Å². The van der Waals surface area contributed by atoms with Gasteiger partial charge in [0.2, 0.25) is 5.91 Å². The van der Waals surface area contributed by atoms with E-state index < -0.39 is 24.0 Å². The van der Waals surface area contributed by atoms with Gasteiger partial charge in [0.1, 0.15) is 12.6 Å². The topological polar surface area (TPSA) is 95.9 Å². The highest BCUT2D eigenvalue weighted by Crippen LogP contribution is 2.44. The molecule has 0 spiro atoms. The molecule has 3 atom stereocenters. The number of carboxylic acids is 1. The zero-order chi connectivity index (χ0) is 24.9. The molecule has 0 saturated carbocycles. The van der Waals surface area contributed by atoms with Gasteiger partial charge in [0, 0.05) is 18.5 Å². The molecule has 2 aliphatic rings. The molecule has 0 radical (unpaired) electrons. The fourth-order valence-corrected chi connectivity index (χ4v) is 5.87. The third-order valence-electron chi connectivity index (χ3n) is 7.11. The smallest absolute Gasteiger partial charge is 0.407 e. The van der Waals surface area contributed by atoms with Crippen LogP contribution in [-0.4, -0.2) is 65.2 Å². The van der Waals surface area contributed by atoms with Crippen molar-refractivity contribution >= 4 is 29.7 Å². The summed E-state index contributed by atoms with van der Waals surface area (Å²) in [5.41, 5.74) is 4.55. The third-order valence-corrected chi connectivity index (χ3v) is 7.75. The Bertz CT molecular complexity index is 1050. The minimum absolute atomic E-state index is 0.0622. The van der Waals surface area contributed by atoms with Crippen LogP contribution in [0.2, 0.25) is 0 Å². The minimum Gasteiger partial charge on any atom is -0.481 e. The van der Waals surface area contributed by atoms with Gasteiger partial charge in [0.05, 0.1) is 5.92 Å². The van der Waals surface area contributed by atoms with Gasteiger partial charge in [0.15, 0.2) is 0 Å². The highest BCUT2D eigenvalue weighted by atomic mass is 32.2. The quantitative estimate of drug-likeness (QED) is 0.536. The minimum atomic E-state index is -0.877. The summed E-state index contributed by atoms with van der Waals surface area (Å²) in [7, 11) is 0. The molecule has 2 unspecified atom stereocenters. The number of carbonyl (C=O) groups is 3. The van der Waals surface area contributed by atoms with E-state index in [-0.39, 0.29) is 24.5 Å². The molecular formula is C27H32N2O5S. The monoisotopic (exact) mass is 496 g/mol. The van der Waals surface area contributed by atoms with Crippen molar-refractivity contribution in [2.75, 3.05) is 25.2 Å². The van der Waals surface area contributed by atoms with Crippen LogP contribution in [-0.2, 0) is 14.3 Å². The van der Waals surface area contributed by atoms with Gasteiger partial charge in [0.25, 0.3) is 0 Å². The van der Waals surface area contributed by atoms with Crippen molar-refractivity contribution in [1.29, 1.82) is 0 Å².